The fraction of sp³-hybridized carbons (Fsp3) is 0. The molecule has 0 spiro atoms. The molecule has 2 heterocycles. The average molecular weight is 522 g/mol. The summed E-state index contributed by atoms with van der Waals surface area (Å²) in [5.74, 6) is 1.75. The molecular formula is C39H23NO. The first-order chi connectivity index (χ1) is 20.3. The monoisotopic (exact) mass is 521 g/mol. The van der Waals surface area contributed by atoms with E-state index in [1.807, 2.05) is 24.5 Å². The van der Waals surface area contributed by atoms with Gasteiger partial charge in [0.25, 0.3) is 0 Å². The van der Waals surface area contributed by atoms with Crippen molar-refractivity contribution in [1.29, 1.82) is 0 Å². The molecule has 0 amide bonds. The van der Waals surface area contributed by atoms with E-state index in [-0.39, 0.29) is 0 Å². The Morgan fingerprint density at radius 1 is 0.390 bits per heavy atom. The second kappa shape index (κ2) is 8.51. The van der Waals surface area contributed by atoms with Crippen LogP contribution in [0.25, 0.3) is 76.5 Å². The predicted octanol–water partition coefficient (Wildman–Crippen LogP) is 10.8. The lowest BCUT2D eigenvalue weighted by Crippen LogP contribution is -1.98. The highest BCUT2D eigenvalue weighted by Crippen LogP contribution is 2.48. The highest BCUT2D eigenvalue weighted by molar-refractivity contribution is 6.24. The summed E-state index contributed by atoms with van der Waals surface area (Å²) in [6.45, 7) is 0. The van der Waals surface area contributed by atoms with Crippen molar-refractivity contribution in [2.24, 2.45) is 0 Å². The van der Waals surface area contributed by atoms with Gasteiger partial charge in [0.15, 0.2) is 0 Å². The van der Waals surface area contributed by atoms with Crippen molar-refractivity contribution >= 4 is 43.1 Å². The van der Waals surface area contributed by atoms with Gasteiger partial charge in [0.05, 0.1) is 0 Å². The van der Waals surface area contributed by atoms with Gasteiger partial charge in [0.2, 0.25) is 0 Å². The molecule has 41 heavy (non-hydrogen) atoms. The fourth-order valence-electron chi connectivity index (χ4n) is 6.65. The number of hydrogen-bond acceptors (Lipinski definition) is 2. The highest BCUT2D eigenvalue weighted by atomic mass is 16.5. The zero-order valence-corrected chi connectivity index (χ0v) is 22.1. The number of nitrogens with zero attached hydrogens (tertiary/aromatic N) is 1. The Labute approximate surface area is 237 Å². The maximum atomic E-state index is 6.52. The largest absolute Gasteiger partial charge is 0.456 e. The highest BCUT2D eigenvalue weighted by Gasteiger charge is 2.22. The summed E-state index contributed by atoms with van der Waals surface area (Å²) in [5, 5.41) is 9.75. The molecule has 0 unspecified atom stereocenters. The summed E-state index contributed by atoms with van der Waals surface area (Å²) >= 11 is 0. The molecule has 1 aromatic heterocycles. The second-order valence-electron chi connectivity index (χ2n) is 10.8. The quantitative estimate of drug-likeness (QED) is 0.211. The minimum absolute atomic E-state index is 0.865. The van der Waals surface area contributed by atoms with Gasteiger partial charge in [-0.25, -0.2) is 0 Å². The molecule has 0 aliphatic carbocycles. The van der Waals surface area contributed by atoms with Crippen molar-refractivity contribution in [3.8, 4) is 44.9 Å². The Morgan fingerprint density at radius 3 is 1.78 bits per heavy atom. The van der Waals surface area contributed by atoms with Gasteiger partial charge in [-0.2, -0.15) is 0 Å². The van der Waals surface area contributed by atoms with Crippen molar-refractivity contribution in [2.45, 2.75) is 0 Å². The Hall–Kier alpha value is -5.47. The Morgan fingerprint density at radius 2 is 1.05 bits per heavy atom. The third kappa shape index (κ3) is 3.28. The van der Waals surface area contributed by atoms with Gasteiger partial charge in [0, 0.05) is 34.3 Å². The van der Waals surface area contributed by atoms with Crippen LogP contribution in [-0.4, -0.2) is 4.98 Å². The van der Waals surface area contributed by atoms with Gasteiger partial charge >= 0.3 is 0 Å². The SMILES string of the molecule is c1ccc(-c2cc3c4ccccc4c(-c4ccc5c(c4)Oc4cccc6cncc-5c46)cc3c3ccccc23)cc1. The summed E-state index contributed by atoms with van der Waals surface area (Å²) in [6, 6.07) is 45.8. The maximum Gasteiger partial charge on any atom is 0.136 e. The summed E-state index contributed by atoms with van der Waals surface area (Å²) in [6.07, 6.45) is 3.86. The summed E-state index contributed by atoms with van der Waals surface area (Å²) < 4.78 is 6.52. The third-order valence-corrected chi connectivity index (χ3v) is 8.51. The standard InChI is InChI=1S/C39H23NO/c1-2-9-24(10-3-1)32-20-34-30-15-7-5-13-28(30)33(21-35(34)29-14-6-4-12-27(29)32)25-17-18-31-36-23-40-22-26-11-8-16-37(39(26)36)41-38(31)19-25/h1-23H. The molecule has 1 aliphatic rings. The molecule has 1 aliphatic heterocycles. The summed E-state index contributed by atoms with van der Waals surface area (Å²) in [4.78, 5) is 4.52. The van der Waals surface area contributed by atoms with E-state index in [1.54, 1.807) is 0 Å². The number of pyridine rings is 1. The molecule has 0 saturated heterocycles. The van der Waals surface area contributed by atoms with Crippen LogP contribution in [0.4, 0.5) is 0 Å². The number of fused-ring (bicyclic) bond motifs is 7. The van der Waals surface area contributed by atoms with E-state index in [2.05, 4.69) is 120 Å². The van der Waals surface area contributed by atoms with Crippen LogP contribution in [0.2, 0.25) is 0 Å². The molecule has 0 N–H and O–H groups in total. The van der Waals surface area contributed by atoms with Gasteiger partial charge in [-0.3, -0.25) is 4.98 Å². The Balaban J connectivity index is 1.32. The van der Waals surface area contributed by atoms with Gasteiger partial charge in [-0.1, -0.05) is 97.1 Å². The van der Waals surface area contributed by atoms with Crippen molar-refractivity contribution in [3.63, 3.8) is 0 Å². The molecule has 0 saturated carbocycles. The van der Waals surface area contributed by atoms with Gasteiger partial charge in [0.1, 0.15) is 11.5 Å². The smallest absolute Gasteiger partial charge is 0.136 e. The van der Waals surface area contributed by atoms with Gasteiger partial charge in [-0.15, -0.1) is 0 Å². The van der Waals surface area contributed by atoms with E-state index in [1.165, 1.54) is 49.0 Å². The van der Waals surface area contributed by atoms with E-state index in [4.69, 9.17) is 4.74 Å². The van der Waals surface area contributed by atoms with Crippen LogP contribution in [0.1, 0.15) is 0 Å². The van der Waals surface area contributed by atoms with E-state index in [9.17, 15) is 0 Å². The zero-order chi connectivity index (χ0) is 26.9. The lowest BCUT2D eigenvalue weighted by atomic mass is 9.87. The molecule has 2 nitrogen and oxygen atoms in total. The van der Waals surface area contributed by atoms with E-state index < -0.39 is 0 Å². The van der Waals surface area contributed by atoms with Crippen LogP contribution in [0.5, 0.6) is 11.5 Å². The van der Waals surface area contributed by atoms with E-state index >= 15 is 0 Å². The third-order valence-electron chi connectivity index (χ3n) is 8.51. The Kier molecular flexibility index (Phi) is 4.64. The first-order valence-electron chi connectivity index (χ1n) is 14.0. The van der Waals surface area contributed by atoms with Crippen molar-refractivity contribution in [3.05, 3.63) is 140 Å². The molecule has 190 valence electrons. The summed E-state index contributed by atoms with van der Waals surface area (Å²) in [5.41, 5.74) is 7.03. The summed E-state index contributed by atoms with van der Waals surface area (Å²) in [7, 11) is 0. The van der Waals surface area contributed by atoms with E-state index in [0.29, 0.717) is 0 Å². The molecule has 8 aromatic rings. The van der Waals surface area contributed by atoms with Crippen molar-refractivity contribution in [1.82, 2.24) is 4.98 Å². The minimum atomic E-state index is 0.865. The number of aromatic nitrogens is 1. The fourth-order valence-corrected chi connectivity index (χ4v) is 6.65. The normalized spacial score (nSPS) is 12.1. The van der Waals surface area contributed by atoms with Crippen LogP contribution >= 0.6 is 0 Å². The maximum absolute atomic E-state index is 6.52. The van der Waals surface area contributed by atoms with Crippen LogP contribution in [0, 0.1) is 0 Å². The van der Waals surface area contributed by atoms with Crippen molar-refractivity contribution in [2.75, 3.05) is 0 Å². The van der Waals surface area contributed by atoms with Gasteiger partial charge in [-0.05, 0) is 84.9 Å². The van der Waals surface area contributed by atoms with Crippen LogP contribution in [0.3, 0.4) is 0 Å². The van der Waals surface area contributed by atoms with Gasteiger partial charge < -0.3 is 4.74 Å². The molecule has 0 bridgehead atoms. The molecule has 2 heteroatoms. The molecular weight excluding hydrogens is 498 g/mol. The van der Waals surface area contributed by atoms with Crippen molar-refractivity contribution < 1.29 is 4.74 Å². The lowest BCUT2D eigenvalue weighted by molar-refractivity contribution is 0.487. The predicted molar refractivity (Wildman–Crippen MR) is 171 cm³/mol. The second-order valence-corrected chi connectivity index (χ2v) is 10.8. The first-order valence-corrected chi connectivity index (χ1v) is 14.0. The topological polar surface area (TPSA) is 22.1 Å². The van der Waals surface area contributed by atoms with E-state index in [0.717, 1.165) is 39.0 Å². The minimum Gasteiger partial charge on any atom is -0.456 e. The van der Waals surface area contributed by atoms with Crippen LogP contribution < -0.4 is 4.74 Å². The number of rotatable bonds is 2. The number of ether oxygens (including phenoxy) is 1. The number of benzene rings is 7. The molecule has 0 atom stereocenters. The van der Waals surface area contributed by atoms with Crippen LogP contribution in [-0.2, 0) is 0 Å². The Bertz CT molecular complexity index is 2330. The first kappa shape index (κ1) is 22.4. The molecule has 0 fully saturated rings. The van der Waals surface area contributed by atoms with Crippen LogP contribution in [0.15, 0.2) is 140 Å². The number of hydrogen-bond donors (Lipinski definition) is 0. The molecule has 7 aromatic carbocycles. The lowest BCUT2D eigenvalue weighted by Gasteiger charge is -2.22. The average Bonchev–Trinajstić information content (AvgIpc) is 3.04. The molecule has 0 radical (unpaired) electrons. The zero-order valence-electron chi connectivity index (χ0n) is 22.1. The molecule has 9 rings (SSSR count).